The summed E-state index contributed by atoms with van der Waals surface area (Å²) in [6.45, 7) is 3.45. The van der Waals surface area contributed by atoms with E-state index in [1.54, 1.807) is 4.90 Å². The molecule has 0 unspecified atom stereocenters. The van der Waals surface area contributed by atoms with E-state index in [-0.39, 0.29) is 37.6 Å². The zero-order valence-electron chi connectivity index (χ0n) is 14.6. The van der Waals surface area contributed by atoms with Crippen molar-refractivity contribution in [2.75, 3.05) is 59.4 Å². The molecule has 0 N–H and O–H groups in total. The van der Waals surface area contributed by atoms with Gasteiger partial charge in [-0.3, -0.25) is 4.79 Å². The fraction of sp³-hybridized carbons (Fsp3) is 0.562. The van der Waals surface area contributed by atoms with Gasteiger partial charge in [-0.25, -0.2) is 4.39 Å². The zero-order chi connectivity index (χ0) is 18.9. The molecular weight excluding hydrogens is 427 g/mol. The van der Waals surface area contributed by atoms with E-state index in [0.29, 0.717) is 30.7 Å². The molecule has 0 aromatic heterocycles. The Morgan fingerprint density at radius 1 is 1.00 bits per heavy atom. The number of piperazine rings is 2. The first-order valence-corrected chi connectivity index (χ1v) is 10.7. The molecule has 0 atom stereocenters. The maximum Gasteiger partial charge on any atom is 0.282 e. The lowest BCUT2D eigenvalue weighted by Crippen LogP contribution is -2.57. The second-order valence-corrected chi connectivity index (χ2v) is 9.31. The molecule has 0 saturated carbocycles. The quantitative estimate of drug-likeness (QED) is 0.686. The van der Waals surface area contributed by atoms with Gasteiger partial charge in [-0.05, 0) is 41.2 Å². The molecule has 2 heterocycles. The second-order valence-electron chi connectivity index (χ2n) is 6.53. The Labute approximate surface area is 161 Å². The number of likely N-dealkylation sites (N-methyl/N-ethyl adjacent to an activating group) is 1. The van der Waals surface area contributed by atoms with Gasteiger partial charge in [0.25, 0.3) is 16.1 Å². The fourth-order valence-corrected chi connectivity index (χ4v) is 5.13. The van der Waals surface area contributed by atoms with Crippen molar-refractivity contribution in [1.82, 2.24) is 18.4 Å². The molecule has 0 aliphatic carbocycles. The summed E-state index contributed by atoms with van der Waals surface area (Å²) in [4.78, 5) is 16.3. The third-order valence-corrected chi connectivity index (χ3v) is 7.53. The molecule has 2 fully saturated rings. The number of benzene rings is 1. The van der Waals surface area contributed by atoms with Crippen LogP contribution in [0.25, 0.3) is 0 Å². The van der Waals surface area contributed by atoms with Gasteiger partial charge in [-0.1, -0.05) is 0 Å². The Balaban J connectivity index is 1.63. The minimum absolute atomic E-state index is 0.243. The summed E-state index contributed by atoms with van der Waals surface area (Å²) in [6.07, 6.45) is 0. The second kappa shape index (κ2) is 7.89. The van der Waals surface area contributed by atoms with E-state index in [1.165, 1.54) is 26.8 Å². The van der Waals surface area contributed by atoms with Gasteiger partial charge < -0.3 is 9.80 Å². The highest BCUT2D eigenvalue weighted by Gasteiger charge is 2.35. The van der Waals surface area contributed by atoms with E-state index in [4.69, 9.17) is 0 Å². The lowest BCUT2D eigenvalue weighted by Gasteiger charge is -2.39. The molecule has 2 saturated heterocycles. The van der Waals surface area contributed by atoms with Crippen molar-refractivity contribution in [3.63, 3.8) is 0 Å². The van der Waals surface area contributed by atoms with Crippen LogP contribution >= 0.6 is 15.9 Å². The van der Waals surface area contributed by atoms with Gasteiger partial charge >= 0.3 is 0 Å². The van der Waals surface area contributed by atoms with Crippen molar-refractivity contribution >= 4 is 32.0 Å². The zero-order valence-corrected chi connectivity index (χ0v) is 17.0. The van der Waals surface area contributed by atoms with Crippen LogP contribution in [0.5, 0.6) is 0 Å². The molecule has 2 aliphatic rings. The predicted molar refractivity (Wildman–Crippen MR) is 99.6 cm³/mol. The fourth-order valence-electron chi connectivity index (χ4n) is 3.14. The van der Waals surface area contributed by atoms with Gasteiger partial charge in [0.05, 0.1) is 5.56 Å². The summed E-state index contributed by atoms with van der Waals surface area (Å²) in [7, 11) is -1.53. The van der Waals surface area contributed by atoms with Gasteiger partial charge in [-0.2, -0.15) is 17.0 Å². The first-order valence-electron chi connectivity index (χ1n) is 8.47. The maximum absolute atomic E-state index is 13.4. The smallest absolute Gasteiger partial charge is 0.282 e. The monoisotopic (exact) mass is 448 g/mol. The number of carbonyl (C=O) groups excluding carboxylic acids is 1. The van der Waals surface area contributed by atoms with E-state index in [9.17, 15) is 17.6 Å². The Kier molecular flexibility index (Phi) is 5.97. The van der Waals surface area contributed by atoms with Crippen LogP contribution in [-0.4, -0.2) is 92.1 Å². The standard InChI is InChI=1S/C16H22BrFN4O3S/c1-19-4-8-21(9-5-19)26(24,25)22-10-6-20(7-11-22)16(23)14-12-13(18)2-3-15(14)17/h2-3,12H,4-11H2,1H3. The maximum atomic E-state index is 13.4. The highest BCUT2D eigenvalue weighted by Crippen LogP contribution is 2.21. The van der Waals surface area contributed by atoms with Gasteiger partial charge in [-0.15, -0.1) is 0 Å². The molecule has 7 nitrogen and oxygen atoms in total. The van der Waals surface area contributed by atoms with Crippen LogP contribution in [0.3, 0.4) is 0 Å². The molecule has 0 spiro atoms. The normalized spacial score (nSPS) is 21.1. The summed E-state index contributed by atoms with van der Waals surface area (Å²) in [6, 6.07) is 3.97. The van der Waals surface area contributed by atoms with Crippen LogP contribution in [0.15, 0.2) is 22.7 Å². The van der Waals surface area contributed by atoms with Crippen molar-refractivity contribution in [2.24, 2.45) is 0 Å². The van der Waals surface area contributed by atoms with Crippen LogP contribution in [0.1, 0.15) is 10.4 Å². The summed E-state index contributed by atoms with van der Waals surface area (Å²) in [5.74, 6) is -0.777. The van der Waals surface area contributed by atoms with Crippen LogP contribution in [0, 0.1) is 5.82 Å². The van der Waals surface area contributed by atoms with E-state index in [2.05, 4.69) is 20.8 Å². The van der Waals surface area contributed by atoms with Crippen LogP contribution < -0.4 is 0 Å². The first-order chi connectivity index (χ1) is 12.3. The number of rotatable bonds is 3. The Morgan fingerprint density at radius 2 is 1.54 bits per heavy atom. The largest absolute Gasteiger partial charge is 0.336 e. The molecule has 0 radical (unpaired) electrons. The number of amides is 1. The molecule has 2 aliphatic heterocycles. The van der Waals surface area contributed by atoms with Crippen molar-refractivity contribution in [1.29, 1.82) is 0 Å². The van der Waals surface area contributed by atoms with Crippen molar-refractivity contribution in [2.45, 2.75) is 0 Å². The lowest BCUT2D eigenvalue weighted by atomic mass is 10.2. The number of hydrogen-bond acceptors (Lipinski definition) is 4. The molecule has 26 heavy (non-hydrogen) atoms. The van der Waals surface area contributed by atoms with Crippen molar-refractivity contribution in [3.05, 3.63) is 34.1 Å². The molecule has 144 valence electrons. The molecule has 3 rings (SSSR count). The van der Waals surface area contributed by atoms with Crippen molar-refractivity contribution < 1.29 is 17.6 Å². The lowest BCUT2D eigenvalue weighted by molar-refractivity contribution is 0.0691. The minimum Gasteiger partial charge on any atom is -0.336 e. The topological polar surface area (TPSA) is 64.2 Å². The van der Waals surface area contributed by atoms with Gasteiger partial charge in [0.1, 0.15) is 5.82 Å². The number of hydrogen-bond donors (Lipinski definition) is 0. The first kappa shape index (κ1) is 19.7. The Morgan fingerprint density at radius 3 is 2.12 bits per heavy atom. The van der Waals surface area contributed by atoms with E-state index in [1.807, 2.05) is 7.05 Å². The molecule has 1 amide bonds. The highest BCUT2D eigenvalue weighted by atomic mass is 79.9. The summed E-state index contributed by atoms with van der Waals surface area (Å²) in [5, 5.41) is 0. The average Bonchev–Trinajstić information content (AvgIpc) is 2.63. The molecule has 0 bridgehead atoms. The SMILES string of the molecule is CN1CCN(S(=O)(=O)N2CCN(C(=O)c3cc(F)ccc3Br)CC2)CC1. The predicted octanol–water partition coefficient (Wildman–Crippen LogP) is 0.838. The minimum atomic E-state index is -3.50. The summed E-state index contributed by atoms with van der Waals surface area (Å²) >= 11 is 3.27. The number of carbonyl (C=O) groups is 1. The Bertz CT molecular complexity index is 776. The van der Waals surface area contributed by atoms with Crippen LogP contribution in [0.2, 0.25) is 0 Å². The van der Waals surface area contributed by atoms with E-state index >= 15 is 0 Å². The number of nitrogens with zero attached hydrogens (tertiary/aromatic N) is 4. The molecule has 1 aromatic rings. The van der Waals surface area contributed by atoms with Gasteiger partial charge in [0.2, 0.25) is 0 Å². The van der Waals surface area contributed by atoms with E-state index < -0.39 is 16.0 Å². The number of halogens is 2. The molecule has 1 aromatic carbocycles. The van der Waals surface area contributed by atoms with Crippen LogP contribution in [-0.2, 0) is 10.2 Å². The molecular formula is C16H22BrFN4O3S. The van der Waals surface area contributed by atoms with Gasteiger partial charge in [0.15, 0.2) is 0 Å². The third kappa shape index (κ3) is 4.09. The summed E-state index contributed by atoms with van der Waals surface area (Å²) in [5.41, 5.74) is 0.250. The van der Waals surface area contributed by atoms with Gasteiger partial charge in [0, 0.05) is 56.8 Å². The molecule has 10 heteroatoms. The highest BCUT2D eigenvalue weighted by molar-refractivity contribution is 9.10. The van der Waals surface area contributed by atoms with Crippen molar-refractivity contribution in [3.8, 4) is 0 Å². The van der Waals surface area contributed by atoms with E-state index in [0.717, 1.165) is 0 Å². The van der Waals surface area contributed by atoms with Crippen LogP contribution in [0.4, 0.5) is 4.39 Å². The third-order valence-electron chi connectivity index (χ3n) is 4.80. The average molecular weight is 449 g/mol. The Hall–Kier alpha value is -1.07. The summed E-state index contributed by atoms with van der Waals surface area (Å²) < 4.78 is 42.4.